The first-order valence-corrected chi connectivity index (χ1v) is 12.7. The third-order valence-corrected chi connectivity index (χ3v) is 7.60. The van der Waals surface area contributed by atoms with Crippen LogP contribution in [-0.2, 0) is 10.0 Å². The summed E-state index contributed by atoms with van der Waals surface area (Å²) in [6.45, 7) is -0.124. The highest BCUT2D eigenvalue weighted by molar-refractivity contribution is 7.88. The van der Waals surface area contributed by atoms with E-state index in [2.05, 4.69) is 20.4 Å². The molecule has 0 amide bonds. The van der Waals surface area contributed by atoms with Crippen molar-refractivity contribution in [1.82, 2.24) is 28.8 Å². The number of imidazole rings is 1. The van der Waals surface area contributed by atoms with E-state index < -0.39 is 34.9 Å². The van der Waals surface area contributed by atoms with Crippen LogP contribution >= 0.6 is 11.6 Å². The van der Waals surface area contributed by atoms with Crippen molar-refractivity contribution in [2.45, 2.75) is 43.5 Å². The molecule has 2 saturated heterocycles. The number of halogens is 4. The molecule has 0 saturated carbocycles. The van der Waals surface area contributed by atoms with Gasteiger partial charge in [0.1, 0.15) is 11.3 Å². The Kier molecular flexibility index (Phi) is 6.75. The molecule has 33 heavy (non-hydrogen) atoms. The monoisotopic (exact) mass is 511 g/mol. The Morgan fingerprint density at radius 1 is 1.24 bits per heavy atom. The molecule has 2 aliphatic heterocycles. The molecule has 0 bridgehead atoms. The second-order valence-corrected chi connectivity index (χ2v) is 10.9. The maximum absolute atomic E-state index is 12.7. The minimum atomic E-state index is -4.23. The summed E-state index contributed by atoms with van der Waals surface area (Å²) in [6.07, 6.45) is -1.25. The number of sulfonamides is 1. The lowest BCUT2D eigenvalue weighted by atomic mass is 9.96. The molecule has 184 valence electrons. The van der Waals surface area contributed by atoms with Crippen LogP contribution in [0.2, 0.25) is 5.15 Å². The summed E-state index contributed by atoms with van der Waals surface area (Å²) in [5.41, 5.74) is 0.474. The molecule has 2 fully saturated rings. The van der Waals surface area contributed by atoms with Crippen LogP contribution in [0.15, 0.2) is 6.20 Å². The highest BCUT2D eigenvalue weighted by Crippen LogP contribution is 2.31. The van der Waals surface area contributed by atoms with Crippen LogP contribution < -0.4 is 5.32 Å². The molecule has 0 unspecified atom stereocenters. The molecule has 15 heteroatoms. The molecule has 2 aliphatic rings. The number of piperidine rings is 2. The summed E-state index contributed by atoms with van der Waals surface area (Å²) < 4.78 is 64.2. The van der Waals surface area contributed by atoms with Crippen LogP contribution in [0.1, 0.15) is 31.0 Å². The van der Waals surface area contributed by atoms with Gasteiger partial charge in [-0.15, -0.1) is 5.10 Å². The number of fused-ring (bicyclic) bond motifs is 1. The normalized spacial score (nSPS) is 24.4. The van der Waals surface area contributed by atoms with Crippen molar-refractivity contribution >= 4 is 33.1 Å². The average molecular weight is 512 g/mol. The van der Waals surface area contributed by atoms with Crippen LogP contribution in [0.25, 0.3) is 5.52 Å². The van der Waals surface area contributed by atoms with E-state index in [0.717, 1.165) is 6.26 Å². The Morgan fingerprint density at radius 2 is 1.94 bits per heavy atom. The molecule has 10 nitrogen and oxygen atoms in total. The van der Waals surface area contributed by atoms with E-state index in [1.165, 1.54) is 15.4 Å². The van der Waals surface area contributed by atoms with Crippen molar-refractivity contribution in [2.24, 2.45) is 0 Å². The molecular weight excluding hydrogens is 487 g/mol. The van der Waals surface area contributed by atoms with Gasteiger partial charge in [0.05, 0.1) is 31.1 Å². The number of aliphatic hydroxyl groups is 1. The number of alkyl halides is 3. The van der Waals surface area contributed by atoms with Gasteiger partial charge < -0.3 is 10.4 Å². The van der Waals surface area contributed by atoms with Crippen LogP contribution in [-0.4, -0.2) is 99.6 Å². The van der Waals surface area contributed by atoms with E-state index in [1.807, 2.05) is 0 Å². The minimum Gasteiger partial charge on any atom is -0.390 e. The zero-order valence-corrected chi connectivity index (χ0v) is 19.4. The van der Waals surface area contributed by atoms with E-state index >= 15 is 0 Å². The fraction of sp³-hybridized carbons (Fsp3) is 0.722. The third kappa shape index (κ3) is 5.67. The number of aromatic nitrogens is 4. The zero-order valence-electron chi connectivity index (χ0n) is 17.8. The topological polar surface area (TPSA) is 116 Å². The number of β-amino-alcohol motifs (C(OH)–C–C–N with tert-alkyl or cyclic N) is 1. The molecule has 2 N–H and O–H groups in total. The first-order valence-electron chi connectivity index (χ1n) is 10.5. The second kappa shape index (κ2) is 9.13. The SMILES string of the molecule is CS(=O)(=O)N1CC[C@@H](Nc2ncc3c(Cl)nc(C4CCN(CC(F)(F)F)CC4)n3n2)[C@@H](O)C1. The number of hydrogen-bond acceptors (Lipinski definition) is 8. The number of likely N-dealkylation sites (tertiary alicyclic amines) is 1. The summed E-state index contributed by atoms with van der Waals surface area (Å²) in [4.78, 5) is 9.99. The smallest absolute Gasteiger partial charge is 0.390 e. The van der Waals surface area contributed by atoms with Crippen molar-refractivity contribution in [3.8, 4) is 0 Å². The summed E-state index contributed by atoms with van der Waals surface area (Å²) >= 11 is 6.24. The van der Waals surface area contributed by atoms with E-state index in [0.29, 0.717) is 30.6 Å². The van der Waals surface area contributed by atoms with E-state index in [9.17, 15) is 26.7 Å². The lowest BCUT2D eigenvalue weighted by Gasteiger charge is -2.34. The molecule has 2 atom stereocenters. The average Bonchev–Trinajstić information content (AvgIpc) is 3.04. The maximum Gasteiger partial charge on any atom is 0.401 e. The number of rotatable bonds is 5. The molecular formula is C18H25ClF3N7O3S. The Balaban J connectivity index is 1.48. The highest BCUT2D eigenvalue weighted by Gasteiger charge is 2.35. The van der Waals surface area contributed by atoms with Crippen molar-refractivity contribution in [1.29, 1.82) is 0 Å². The van der Waals surface area contributed by atoms with Gasteiger partial charge in [-0.3, -0.25) is 4.90 Å². The van der Waals surface area contributed by atoms with Crippen molar-refractivity contribution in [2.75, 3.05) is 44.3 Å². The first kappa shape index (κ1) is 24.4. The number of anilines is 1. The predicted octanol–water partition coefficient (Wildman–Crippen LogP) is 1.33. The van der Waals surface area contributed by atoms with Crippen molar-refractivity contribution < 1.29 is 26.7 Å². The third-order valence-electron chi connectivity index (χ3n) is 6.06. The van der Waals surface area contributed by atoms with Gasteiger partial charge in [-0.1, -0.05) is 11.6 Å². The Labute approximate surface area is 193 Å². The van der Waals surface area contributed by atoms with Crippen LogP contribution in [0.4, 0.5) is 19.1 Å². The van der Waals surface area contributed by atoms with E-state index in [1.54, 1.807) is 4.52 Å². The molecule has 0 aromatic carbocycles. The Hall–Kier alpha value is -1.74. The summed E-state index contributed by atoms with van der Waals surface area (Å²) in [7, 11) is -3.39. The first-order chi connectivity index (χ1) is 15.4. The Morgan fingerprint density at radius 3 is 2.55 bits per heavy atom. The van der Waals surface area contributed by atoms with Crippen LogP contribution in [0.3, 0.4) is 0 Å². The fourth-order valence-electron chi connectivity index (χ4n) is 4.34. The van der Waals surface area contributed by atoms with Crippen molar-refractivity contribution in [3.05, 3.63) is 17.2 Å². The van der Waals surface area contributed by atoms with Crippen LogP contribution in [0.5, 0.6) is 0 Å². The molecule has 2 aromatic rings. The molecule has 4 heterocycles. The quantitative estimate of drug-likeness (QED) is 0.617. The molecule has 2 aromatic heterocycles. The second-order valence-electron chi connectivity index (χ2n) is 8.53. The predicted molar refractivity (Wildman–Crippen MR) is 115 cm³/mol. The maximum atomic E-state index is 12.7. The Bertz CT molecular complexity index is 1110. The molecule has 0 spiro atoms. The molecule has 4 rings (SSSR count). The van der Waals surface area contributed by atoms with Gasteiger partial charge in [-0.05, 0) is 32.4 Å². The lowest BCUT2D eigenvalue weighted by molar-refractivity contribution is -0.148. The summed E-state index contributed by atoms with van der Waals surface area (Å²) in [6, 6.07) is -0.450. The van der Waals surface area contributed by atoms with Gasteiger partial charge in [0.15, 0.2) is 5.15 Å². The summed E-state index contributed by atoms with van der Waals surface area (Å²) in [5, 5.41) is 18.1. The highest BCUT2D eigenvalue weighted by atomic mass is 35.5. The number of nitrogens with one attached hydrogen (secondary N) is 1. The summed E-state index contributed by atoms with van der Waals surface area (Å²) in [5.74, 6) is 0.657. The largest absolute Gasteiger partial charge is 0.401 e. The number of nitrogens with zero attached hydrogens (tertiary/aromatic N) is 6. The van der Waals surface area contributed by atoms with Gasteiger partial charge in [0.2, 0.25) is 16.0 Å². The minimum absolute atomic E-state index is 0.0304. The standard InChI is InChI=1S/C18H25ClF3N7O3S/c1-33(31,32)28-7-4-12(14(30)9-28)24-17-23-8-13-15(19)25-16(29(13)26-17)11-2-5-27(6-3-11)10-18(20,21)22/h8,11-12,14,30H,2-7,9-10H2,1H3,(H,24,26)/t12-,14+/m1/s1. The van der Waals surface area contributed by atoms with Gasteiger partial charge >= 0.3 is 6.18 Å². The fourth-order valence-corrected chi connectivity index (χ4v) is 5.42. The molecule has 0 aliphatic carbocycles. The lowest BCUT2D eigenvalue weighted by Crippen LogP contribution is -2.51. The molecule has 0 radical (unpaired) electrons. The van der Waals surface area contributed by atoms with E-state index in [4.69, 9.17) is 11.6 Å². The van der Waals surface area contributed by atoms with Gasteiger partial charge in [0, 0.05) is 19.0 Å². The zero-order chi connectivity index (χ0) is 24.0. The van der Waals surface area contributed by atoms with Crippen molar-refractivity contribution in [3.63, 3.8) is 0 Å². The van der Waals surface area contributed by atoms with Gasteiger partial charge in [0.25, 0.3) is 0 Å². The van der Waals surface area contributed by atoms with Gasteiger partial charge in [-0.25, -0.2) is 22.9 Å². The van der Waals surface area contributed by atoms with Gasteiger partial charge in [-0.2, -0.15) is 17.5 Å². The van der Waals surface area contributed by atoms with Crippen LogP contribution in [0, 0.1) is 0 Å². The van der Waals surface area contributed by atoms with E-state index in [-0.39, 0.29) is 43.2 Å². The number of aliphatic hydroxyl groups excluding tert-OH is 1. The number of hydrogen-bond donors (Lipinski definition) is 2.